The van der Waals surface area contributed by atoms with Gasteiger partial charge < -0.3 is 5.32 Å². The van der Waals surface area contributed by atoms with E-state index in [1.54, 1.807) is 18.2 Å². The number of nitriles is 1. The third kappa shape index (κ3) is 3.08. The van der Waals surface area contributed by atoms with Crippen LogP contribution in [0.4, 0.5) is 10.1 Å². The van der Waals surface area contributed by atoms with Gasteiger partial charge in [0.1, 0.15) is 11.9 Å². The van der Waals surface area contributed by atoms with Crippen LogP contribution in [0.1, 0.15) is 11.1 Å². The average molecular weight is 305 g/mol. The number of hydrogen-bond donors (Lipinski definition) is 1. The van der Waals surface area contributed by atoms with Crippen molar-refractivity contribution in [3.05, 3.63) is 63.9 Å². The minimum atomic E-state index is -0.251. The summed E-state index contributed by atoms with van der Waals surface area (Å²) in [6.07, 6.45) is 0. The Bertz CT molecular complexity index is 588. The van der Waals surface area contributed by atoms with Crippen molar-refractivity contribution in [3.63, 3.8) is 0 Å². The van der Waals surface area contributed by atoms with Gasteiger partial charge in [0.2, 0.25) is 0 Å². The molecule has 0 fully saturated rings. The van der Waals surface area contributed by atoms with Crippen LogP contribution in [0, 0.1) is 17.1 Å². The lowest BCUT2D eigenvalue weighted by Gasteiger charge is -2.08. The van der Waals surface area contributed by atoms with Gasteiger partial charge >= 0.3 is 0 Å². The SMILES string of the molecule is N#Cc1ccc(Br)cc1NCc1ccc(F)cc1. The highest BCUT2D eigenvalue weighted by Gasteiger charge is 2.02. The molecule has 0 amide bonds. The van der Waals surface area contributed by atoms with Gasteiger partial charge in [0, 0.05) is 11.0 Å². The third-order valence-corrected chi connectivity index (χ3v) is 2.99. The first-order chi connectivity index (χ1) is 8.69. The molecule has 0 saturated carbocycles. The molecule has 0 aliphatic heterocycles. The van der Waals surface area contributed by atoms with Crippen molar-refractivity contribution < 1.29 is 4.39 Å². The Morgan fingerprint density at radius 1 is 1.17 bits per heavy atom. The van der Waals surface area contributed by atoms with Gasteiger partial charge in [-0.2, -0.15) is 5.26 Å². The Labute approximate surface area is 113 Å². The van der Waals surface area contributed by atoms with Gasteiger partial charge in [0.25, 0.3) is 0 Å². The Hall–Kier alpha value is -1.86. The van der Waals surface area contributed by atoms with Crippen molar-refractivity contribution in [1.29, 1.82) is 5.26 Å². The van der Waals surface area contributed by atoms with E-state index < -0.39 is 0 Å². The van der Waals surface area contributed by atoms with Crippen LogP contribution >= 0.6 is 15.9 Å². The van der Waals surface area contributed by atoms with Crippen LogP contribution in [0.2, 0.25) is 0 Å². The lowest BCUT2D eigenvalue weighted by Crippen LogP contribution is -2.01. The summed E-state index contributed by atoms with van der Waals surface area (Å²) in [6.45, 7) is 0.547. The summed E-state index contributed by atoms with van der Waals surface area (Å²) >= 11 is 3.36. The minimum Gasteiger partial charge on any atom is -0.380 e. The van der Waals surface area contributed by atoms with Crippen LogP contribution in [0.3, 0.4) is 0 Å². The normalized spacial score (nSPS) is 9.83. The van der Waals surface area contributed by atoms with Gasteiger partial charge in [-0.1, -0.05) is 28.1 Å². The summed E-state index contributed by atoms with van der Waals surface area (Å²) in [5, 5.41) is 12.2. The first-order valence-corrected chi connectivity index (χ1v) is 6.16. The zero-order chi connectivity index (χ0) is 13.0. The van der Waals surface area contributed by atoms with Gasteiger partial charge in [-0.05, 0) is 35.9 Å². The number of halogens is 2. The van der Waals surface area contributed by atoms with Crippen molar-refractivity contribution in [3.8, 4) is 6.07 Å². The maximum Gasteiger partial charge on any atom is 0.123 e. The Morgan fingerprint density at radius 3 is 2.56 bits per heavy atom. The minimum absolute atomic E-state index is 0.251. The van der Waals surface area contributed by atoms with Crippen molar-refractivity contribution in [2.75, 3.05) is 5.32 Å². The van der Waals surface area contributed by atoms with Crippen molar-refractivity contribution in [1.82, 2.24) is 0 Å². The lowest BCUT2D eigenvalue weighted by molar-refractivity contribution is 0.627. The molecular formula is C14H10BrFN2. The first kappa shape index (κ1) is 12.6. The second-order valence-corrected chi connectivity index (χ2v) is 4.70. The molecule has 2 aromatic rings. The highest BCUT2D eigenvalue weighted by molar-refractivity contribution is 9.10. The summed E-state index contributed by atoms with van der Waals surface area (Å²) in [5.74, 6) is -0.251. The van der Waals surface area contributed by atoms with Gasteiger partial charge in [0.15, 0.2) is 0 Å². The summed E-state index contributed by atoms with van der Waals surface area (Å²) in [4.78, 5) is 0. The van der Waals surface area contributed by atoms with E-state index in [4.69, 9.17) is 5.26 Å². The number of anilines is 1. The van der Waals surface area contributed by atoms with E-state index in [1.807, 2.05) is 12.1 Å². The van der Waals surface area contributed by atoms with E-state index >= 15 is 0 Å². The molecule has 0 saturated heterocycles. The van der Waals surface area contributed by atoms with Crippen LogP contribution in [0.15, 0.2) is 46.9 Å². The molecule has 0 bridgehead atoms. The number of nitrogens with zero attached hydrogens (tertiary/aromatic N) is 1. The van der Waals surface area contributed by atoms with E-state index in [-0.39, 0.29) is 5.82 Å². The quantitative estimate of drug-likeness (QED) is 0.927. The molecule has 2 aromatic carbocycles. The molecule has 0 heterocycles. The Morgan fingerprint density at radius 2 is 1.89 bits per heavy atom. The van der Waals surface area contributed by atoms with E-state index in [2.05, 4.69) is 27.3 Å². The molecule has 4 heteroatoms. The van der Waals surface area contributed by atoms with Crippen LogP contribution < -0.4 is 5.32 Å². The average Bonchev–Trinajstić information content (AvgIpc) is 2.38. The second-order valence-electron chi connectivity index (χ2n) is 3.78. The molecule has 0 aliphatic rings. The number of hydrogen-bond acceptors (Lipinski definition) is 2. The Balaban J connectivity index is 2.13. The highest BCUT2D eigenvalue weighted by Crippen LogP contribution is 2.21. The zero-order valence-corrected chi connectivity index (χ0v) is 11.0. The van der Waals surface area contributed by atoms with E-state index in [1.165, 1.54) is 12.1 Å². The standard InChI is InChI=1S/C14H10BrFN2/c15-12-4-3-11(8-17)14(7-12)18-9-10-1-5-13(16)6-2-10/h1-7,18H,9H2. The molecule has 0 atom stereocenters. The van der Waals surface area contributed by atoms with Crippen LogP contribution in [0.25, 0.3) is 0 Å². The Kier molecular flexibility index (Phi) is 3.96. The molecule has 0 aromatic heterocycles. The summed E-state index contributed by atoms with van der Waals surface area (Å²) < 4.78 is 13.7. The zero-order valence-electron chi connectivity index (χ0n) is 9.45. The van der Waals surface area contributed by atoms with Crippen LogP contribution in [-0.2, 0) is 6.54 Å². The molecule has 2 rings (SSSR count). The fourth-order valence-corrected chi connectivity index (χ4v) is 1.92. The molecular weight excluding hydrogens is 295 g/mol. The predicted molar refractivity (Wildman–Crippen MR) is 72.6 cm³/mol. The molecule has 1 N–H and O–H groups in total. The second kappa shape index (κ2) is 5.65. The molecule has 0 radical (unpaired) electrons. The van der Waals surface area contributed by atoms with Gasteiger partial charge in [0.05, 0.1) is 11.3 Å². The smallest absolute Gasteiger partial charge is 0.123 e. The van der Waals surface area contributed by atoms with E-state index in [0.717, 1.165) is 15.7 Å². The number of rotatable bonds is 3. The maximum absolute atomic E-state index is 12.8. The maximum atomic E-state index is 12.8. The van der Waals surface area contributed by atoms with Crippen LogP contribution in [0.5, 0.6) is 0 Å². The third-order valence-electron chi connectivity index (χ3n) is 2.50. The van der Waals surface area contributed by atoms with E-state index in [9.17, 15) is 4.39 Å². The fourth-order valence-electron chi connectivity index (χ4n) is 1.56. The van der Waals surface area contributed by atoms with E-state index in [0.29, 0.717) is 12.1 Å². The molecule has 18 heavy (non-hydrogen) atoms. The largest absolute Gasteiger partial charge is 0.380 e. The van der Waals surface area contributed by atoms with Gasteiger partial charge in [-0.3, -0.25) is 0 Å². The lowest BCUT2D eigenvalue weighted by atomic mass is 10.1. The molecule has 0 spiro atoms. The van der Waals surface area contributed by atoms with Crippen LogP contribution in [-0.4, -0.2) is 0 Å². The first-order valence-electron chi connectivity index (χ1n) is 5.37. The van der Waals surface area contributed by atoms with Crippen molar-refractivity contribution in [2.24, 2.45) is 0 Å². The molecule has 0 aliphatic carbocycles. The number of nitrogens with one attached hydrogen (secondary N) is 1. The van der Waals surface area contributed by atoms with Gasteiger partial charge in [-0.15, -0.1) is 0 Å². The topological polar surface area (TPSA) is 35.8 Å². The summed E-state index contributed by atoms with van der Waals surface area (Å²) in [5.41, 5.74) is 2.30. The molecule has 2 nitrogen and oxygen atoms in total. The monoisotopic (exact) mass is 304 g/mol. The van der Waals surface area contributed by atoms with Crippen molar-refractivity contribution >= 4 is 21.6 Å². The fraction of sp³-hybridized carbons (Fsp3) is 0.0714. The summed E-state index contributed by atoms with van der Waals surface area (Å²) in [7, 11) is 0. The van der Waals surface area contributed by atoms with Crippen molar-refractivity contribution in [2.45, 2.75) is 6.54 Å². The predicted octanol–water partition coefficient (Wildman–Crippen LogP) is 4.07. The molecule has 90 valence electrons. The van der Waals surface area contributed by atoms with Gasteiger partial charge in [-0.25, -0.2) is 4.39 Å². The summed E-state index contributed by atoms with van der Waals surface area (Å²) in [6, 6.07) is 13.8. The highest BCUT2D eigenvalue weighted by atomic mass is 79.9. The molecule has 0 unspecified atom stereocenters. The number of benzene rings is 2.